The maximum atomic E-state index is 13.0. The number of para-hydroxylation sites is 1. The molecule has 0 aliphatic carbocycles. The van der Waals surface area contributed by atoms with Gasteiger partial charge in [-0.05, 0) is 29.7 Å². The zero-order valence-electron chi connectivity index (χ0n) is 17.6. The molecule has 0 aliphatic heterocycles. The van der Waals surface area contributed by atoms with Gasteiger partial charge in [-0.1, -0.05) is 62.4 Å². The molecule has 4 rings (SSSR count). The number of amides is 1. The van der Waals surface area contributed by atoms with Crippen LogP contribution in [0.5, 0.6) is 11.5 Å². The van der Waals surface area contributed by atoms with Gasteiger partial charge in [0.2, 0.25) is 0 Å². The van der Waals surface area contributed by atoms with Crippen molar-refractivity contribution in [2.75, 3.05) is 6.54 Å². The summed E-state index contributed by atoms with van der Waals surface area (Å²) in [6.07, 6.45) is 0. The van der Waals surface area contributed by atoms with E-state index < -0.39 is 0 Å². The minimum absolute atomic E-state index is 0.134. The van der Waals surface area contributed by atoms with Crippen LogP contribution in [0, 0.1) is 5.92 Å². The molecule has 0 atom stereocenters. The fraction of sp³-hybridized carbons (Fsp3) is 0.192. The van der Waals surface area contributed by atoms with Crippen LogP contribution in [0.3, 0.4) is 0 Å². The number of fused-ring (bicyclic) bond motifs is 1. The van der Waals surface area contributed by atoms with Crippen molar-refractivity contribution >= 4 is 16.9 Å². The van der Waals surface area contributed by atoms with Crippen LogP contribution in [0.15, 0.2) is 77.2 Å². The van der Waals surface area contributed by atoms with Crippen molar-refractivity contribution in [1.29, 1.82) is 0 Å². The third kappa shape index (κ3) is 4.72. The molecule has 2 N–H and O–H groups in total. The van der Waals surface area contributed by atoms with E-state index in [-0.39, 0.29) is 11.7 Å². The summed E-state index contributed by atoms with van der Waals surface area (Å²) >= 11 is 0. The highest BCUT2D eigenvalue weighted by molar-refractivity contribution is 6.11. The molecule has 31 heavy (non-hydrogen) atoms. The molecule has 0 aliphatic rings. The van der Waals surface area contributed by atoms with Gasteiger partial charge in [0, 0.05) is 23.6 Å². The van der Waals surface area contributed by atoms with Crippen LogP contribution in [0.25, 0.3) is 22.3 Å². The fourth-order valence-corrected chi connectivity index (χ4v) is 3.35. The van der Waals surface area contributed by atoms with Crippen LogP contribution >= 0.6 is 0 Å². The third-order valence-electron chi connectivity index (χ3n) is 4.93. The SMILES string of the molecule is CC(C)CNC(=O)c1c(-c2ccc(COc3cccc(O)c3)cc2)oc2ccccc12. The second kappa shape index (κ2) is 8.96. The minimum atomic E-state index is -0.134. The van der Waals surface area contributed by atoms with Gasteiger partial charge in [-0.15, -0.1) is 0 Å². The van der Waals surface area contributed by atoms with E-state index in [1.54, 1.807) is 24.3 Å². The number of rotatable bonds is 7. The number of nitrogens with one attached hydrogen (secondary N) is 1. The van der Waals surface area contributed by atoms with Crippen molar-refractivity contribution < 1.29 is 19.1 Å². The summed E-state index contributed by atoms with van der Waals surface area (Å²) in [5.41, 5.74) is 3.03. The summed E-state index contributed by atoms with van der Waals surface area (Å²) in [5, 5.41) is 13.4. The zero-order valence-corrected chi connectivity index (χ0v) is 17.6. The lowest BCUT2D eigenvalue weighted by atomic mass is 10.0. The van der Waals surface area contributed by atoms with Crippen LogP contribution < -0.4 is 10.1 Å². The molecule has 0 saturated carbocycles. The van der Waals surface area contributed by atoms with Crippen LogP contribution in [-0.4, -0.2) is 17.6 Å². The standard InChI is InChI=1S/C26H25NO4/c1-17(2)15-27-26(29)24-22-8-3-4-9-23(22)31-25(24)19-12-10-18(11-13-19)16-30-21-7-5-6-20(28)14-21/h3-14,17,28H,15-16H2,1-2H3,(H,27,29). The Balaban J connectivity index is 1.59. The summed E-state index contributed by atoms with van der Waals surface area (Å²) < 4.78 is 11.8. The number of aromatic hydroxyl groups is 1. The predicted molar refractivity (Wildman–Crippen MR) is 121 cm³/mol. The lowest BCUT2D eigenvalue weighted by molar-refractivity contribution is 0.0950. The van der Waals surface area contributed by atoms with E-state index in [0.29, 0.717) is 41.7 Å². The number of phenolic OH excluding ortho intramolecular Hbond substituents is 1. The van der Waals surface area contributed by atoms with Crippen LogP contribution in [-0.2, 0) is 6.61 Å². The van der Waals surface area contributed by atoms with Gasteiger partial charge in [0.1, 0.15) is 29.4 Å². The molecule has 0 spiro atoms. The Hall–Kier alpha value is -3.73. The maximum absolute atomic E-state index is 13.0. The lowest BCUT2D eigenvalue weighted by Gasteiger charge is -2.09. The Morgan fingerprint density at radius 3 is 2.55 bits per heavy atom. The van der Waals surface area contributed by atoms with Gasteiger partial charge in [0.25, 0.3) is 5.91 Å². The first-order valence-electron chi connectivity index (χ1n) is 10.3. The number of carbonyl (C=O) groups excluding carboxylic acids is 1. The van der Waals surface area contributed by atoms with Crippen molar-refractivity contribution in [3.8, 4) is 22.8 Å². The van der Waals surface area contributed by atoms with Gasteiger partial charge < -0.3 is 19.6 Å². The molecule has 0 bridgehead atoms. The van der Waals surface area contributed by atoms with Gasteiger partial charge in [0.15, 0.2) is 0 Å². The quantitative estimate of drug-likeness (QED) is 0.402. The Morgan fingerprint density at radius 1 is 1.03 bits per heavy atom. The Bertz CT molecular complexity index is 1190. The van der Waals surface area contributed by atoms with Crippen LogP contribution in [0.1, 0.15) is 29.8 Å². The molecular weight excluding hydrogens is 390 g/mol. The number of phenols is 1. The molecule has 0 fully saturated rings. The first kappa shape index (κ1) is 20.5. The average Bonchev–Trinajstić information content (AvgIpc) is 3.16. The van der Waals surface area contributed by atoms with Crippen molar-refractivity contribution in [1.82, 2.24) is 5.32 Å². The predicted octanol–water partition coefficient (Wildman–Crippen LogP) is 5.77. The molecule has 0 radical (unpaired) electrons. The van der Waals surface area contributed by atoms with E-state index in [9.17, 15) is 9.90 Å². The molecular formula is C26H25NO4. The van der Waals surface area contributed by atoms with Crippen LogP contribution in [0.4, 0.5) is 0 Å². The molecule has 1 amide bonds. The second-order valence-corrected chi connectivity index (χ2v) is 7.89. The highest BCUT2D eigenvalue weighted by Crippen LogP contribution is 2.34. The molecule has 5 nitrogen and oxygen atoms in total. The number of furan rings is 1. The third-order valence-corrected chi connectivity index (χ3v) is 4.93. The van der Waals surface area contributed by atoms with Crippen LogP contribution in [0.2, 0.25) is 0 Å². The summed E-state index contributed by atoms with van der Waals surface area (Å²) in [6.45, 7) is 5.09. The highest BCUT2D eigenvalue weighted by atomic mass is 16.5. The molecule has 0 saturated heterocycles. The summed E-state index contributed by atoms with van der Waals surface area (Å²) in [4.78, 5) is 13.0. The molecule has 158 valence electrons. The van der Waals surface area contributed by atoms with Crippen molar-refractivity contribution in [2.24, 2.45) is 5.92 Å². The van der Waals surface area contributed by atoms with Crippen molar-refractivity contribution in [3.05, 3.63) is 83.9 Å². The molecule has 3 aromatic carbocycles. The van der Waals surface area contributed by atoms with E-state index in [1.807, 2.05) is 48.5 Å². The van der Waals surface area contributed by atoms with Gasteiger partial charge in [-0.2, -0.15) is 0 Å². The highest BCUT2D eigenvalue weighted by Gasteiger charge is 2.22. The van der Waals surface area contributed by atoms with Gasteiger partial charge in [-0.3, -0.25) is 4.79 Å². The minimum Gasteiger partial charge on any atom is -0.508 e. The Labute approximate surface area is 181 Å². The topological polar surface area (TPSA) is 71.7 Å². The summed E-state index contributed by atoms with van der Waals surface area (Å²) in [5.74, 6) is 1.55. The molecule has 0 unspecified atom stereocenters. The van der Waals surface area contributed by atoms with Gasteiger partial charge in [-0.25, -0.2) is 0 Å². The van der Waals surface area contributed by atoms with Gasteiger partial charge >= 0.3 is 0 Å². The molecule has 4 aromatic rings. The van der Waals surface area contributed by atoms with E-state index >= 15 is 0 Å². The second-order valence-electron chi connectivity index (χ2n) is 7.89. The molecule has 1 heterocycles. The number of ether oxygens (including phenoxy) is 1. The largest absolute Gasteiger partial charge is 0.508 e. The smallest absolute Gasteiger partial charge is 0.255 e. The average molecular weight is 415 g/mol. The monoisotopic (exact) mass is 415 g/mol. The number of hydrogen-bond acceptors (Lipinski definition) is 4. The summed E-state index contributed by atoms with van der Waals surface area (Å²) in [6, 6.07) is 22.0. The van der Waals surface area contributed by atoms with E-state index in [2.05, 4.69) is 19.2 Å². The van der Waals surface area contributed by atoms with E-state index in [1.165, 1.54) is 0 Å². The Morgan fingerprint density at radius 2 is 1.81 bits per heavy atom. The molecule has 5 heteroatoms. The first-order valence-corrected chi connectivity index (χ1v) is 10.3. The lowest BCUT2D eigenvalue weighted by Crippen LogP contribution is -2.27. The number of carbonyl (C=O) groups is 1. The number of benzene rings is 3. The normalized spacial score (nSPS) is 11.1. The fourth-order valence-electron chi connectivity index (χ4n) is 3.35. The van der Waals surface area contributed by atoms with Crippen molar-refractivity contribution in [3.63, 3.8) is 0 Å². The van der Waals surface area contributed by atoms with Crippen molar-refractivity contribution in [2.45, 2.75) is 20.5 Å². The van der Waals surface area contributed by atoms with Gasteiger partial charge in [0.05, 0.1) is 5.56 Å². The van der Waals surface area contributed by atoms with E-state index in [0.717, 1.165) is 16.5 Å². The summed E-state index contributed by atoms with van der Waals surface area (Å²) in [7, 11) is 0. The first-order chi connectivity index (χ1) is 15.0. The maximum Gasteiger partial charge on any atom is 0.255 e. The zero-order chi connectivity index (χ0) is 21.8. The van der Waals surface area contributed by atoms with E-state index in [4.69, 9.17) is 9.15 Å². The number of hydrogen-bond donors (Lipinski definition) is 2. The Kier molecular flexibility index (Phi) is 5.94. The molecule has 1 aromatic heterocycles.